The fourth-order valence-corrected chi connectivity index (χ4v) is 2.28. The summed E-state index contributed by atoms with van der Waals surface area (Å²) in [6, 6.07) is 4.73. The van der Waals surface area contributed by atoms with E-state index in [2.05, 4.69) is 22.7 Å². The van der Waals surface area contributed by atoms with Crippen LogP contribution in [0.4, 0.5) is 21.1 Å². The number of benzene rings is 1. The number of carbonyl (C=O) groups excluding carboxylic acids is 2. The third-order valence-electron chi connectivity index (χ3n) is 3.68. The van der Waals surface area contributed by atoms with Gasteiger partial charge in [0.25, 0.3) is 0 Å². The summed E-state index contributed by atoms with van der Waals surface area (Å²) < 4.78 is 6.30. The van der Waals surface area contributed by atoms with E-state index in [4.69, 9.17) is 10.5 Å². The van der Waals surface area contributed by atoms with Crippen molar-refractivity contribution < 1.29 is 14.3 Å². The molecular weight excluding hydrogens is 322 g/mol. The number of nitrogen functional groups attached to an aromatic ring is 1. The van der Waals surface area contributed by atoms with Gasteiger partial charge in [0.15, 0.2) is 5.82 Å². The van der Waals surface area contributed by atoms with Crippen molar-refractivity contribution in [2.75, 3.05) is 24.2 Å². The molecule has 0 radical (unpaired) electrons. The van der Waals surface area contributed by atoms with Crippen molar-refractivity contribution in [3.05, 3.63) is 18.2 Å². The number of nitrogens with two attached hydrogens (primary N) is 1. The third-order valence-corrected chi connectivity index (χ3v) is 3.68. The number of fused-ring (bicyclic) bond motifs is 1. The summed E-state index contributed by atoms with van der Waals surface area (Å²) in [4.78, 5) is 23.9. The largest absolute Gasteiger partial charge is 0.449 e. The number of aromatic nitrogens is 2. The summed E-state index contributed by atoms with van der Waals surface area (Å²) in [7, 11) is 0. The van der Waals surface area contributed by atoms with Crippen molar-refractivity contribution in [1.29, 1.82) is 0 Å². The molecule has 0 aliphatic rings. The molecule has 0 spiro atoms. The Hall–Kier alpha value is -2.77. The average Bonchev–Trinajstić information content (AvgIpc) is 2.92. The van der Waals surface area contributed by atoms with E-state index in [9.17, 15) is 9.59 Å². The number of nitrogens with zero attached hydrogens (tertiary/aromatic N) is 2. The molecule has 0 aliphatic carbocycles. The maximum absolute atomic E-state index is 12.2. The molecule has 0 unspecified atom stereocenters. The van der Waals surface area contributed by atoms with Gasteiger partial charge in [-0.2, -0.15) is 4.68 Å². The predicted molar refractivity (Wildman–Crippen MR) is 97.7 cm³/mol. The van der Waals surface area contributed by atoms with E-state index in [1.807, 2.05) is 6.92 Å². The Morgan fingerprint density at radius 2 is 2.00 bits per heavy atom. The van der Waals surface area contributed by atoms with Crippen molar-refractivity contribution in [3.63, 3.8) is 0 Å². The number of nitrogens with one attached hydrogen (secondary N) is 2. The van der Waals surface area contributed by atoms with Crippen LogP contribution in [0.2, 0.25) is 0 Å². The average molecular weight is 347 g/mol. The summed E-state index contributed by atoms with van der Waals surface area (Å²) in [6.45, 7) is 5.03. The summed E-state index contributed by atoms with van der Waals surface area (Å²) in [6.07, 6.45) is 3.14. The van der Waals surface area contributed by atoms with Gasteiger partial charge in [0, 0.05) is 17.6 Å². The van der Waals surface area contributed by atoms with Gasteiger partial charge in [0.05, 0.1) is 12.1 Å². The molecule has 8 heteroatoms. The highest BCUT2D eigenvalue weighted by molar-refractivity contribution is 5.99. The molecule has 0 aliphatic heterocycles. The molecule has 0 saturated carbocycles. The first-order valence-corrected chi connectivity index (χ1v) is 8.57. The molecule has 1 heterocycles. The van der Waals surface area contributed by atoms with Crippen molar-refractivity contribution >= 4 is 34.5 Å². The van der Waals surface area contributed by atoms with Gasteiger partial charge in [0.2, 0.25) is 0 Å². The lowest BCUT2D eigenvalue weighted by Gasteiger charge is -2.07. The van der Waals surface area contributed by atoms with Gasteiger partial charge in [-0.15, -0.1) is 5.10 Å². The number of hydrogen-bond donors (Lipinski definition) is 3. The smallest absolute Gasteiger partial charge is 0.411 e. The van der Waals surface area contributed by atoms with Gasteiger partial charge in [-0.05, 0) is 31.0 Å². The number of unbranched alkanes of at least 4 members (excludes halogenated alkanes) is 2. The Morgan fingerprint density at radius 1 is 1.24 bits per heavy atom. The molecule has 136 valence electrons. The van der Waals surface area contributed by atoms with Crippen LogP contribution < -0.4 is 16.4 Å². The molecule has 0 bridgehead atoms. The SMILES string of the molecule is CCCCNC(=O)n1nc(N)c2cc(NC(=O)OCCCC)ccc21. The Bertz CT molecular complexity index is 741. The highest BCUT2D eigenvalue weighted by atomic mass is 16.5. The second-order valence-corrected chi connectivity index (χ2v) is 5.73. The molecular formula is C17H25N5O3. The van der Waals surface area contributed by atoms with Crippen LogP contribution in [0.15, 0.2) is 18.2 Å². The topological polar surface area (TPSA) is 111 Å². The maximum atomic E-state index is 12.2. The minimum Gasteiger partial charge on any atom is -0.449 e. The Balaban J connectivity index is 2.11. The fourth-order valence-electron chi connectivity index (χ4n) is 2.28. The van der Waals surface area contributed by atoms with Crippen LogP contribution in [-0.4, -0.2) is 35.1 Å². The number of hydrogen-bond acceptors (Lipinski definition) is 5. The summed E-state index contributed by atoms with van der Waals surface area (Å²) in [5.41, 5.74) is 7.03. The maximum Gasteiger partial charge on any atom is 0.411 e. The van der Waals surface area contributed by atoms with E-state index < -0.39 is 6.09 Å². The minimum absolute atomic E-state index is 0.226. The molecule has 25 heavy (non-hydrogen) atoms. The van der Waals surface area contributed by atoms with Gasteiger partial charge in [-0.3, -0.25) is 5.32 Å². The van der Waals surface area contributed by atoms with E-state index in [0.717, 1.165) is 25.7 Å². The molecule has 8 nitrogen and oxygen atoms in total. The van der Waals surface area contributed by atoms with Crippen LogP contribution in [0.5, 0.6) is 0 Å². The highest BCUT2D eigenvalue weighted by Crippen LogP contribution is 2.24. The zero-order valence-corrected chi connectivity index (χ0v) is 14.7. The van der Waals surface area contributed by atoms with Gasteiger partial charge in [-0.1, -0.05) is 26.7 Å². The van der Waals surface area contributed by atoms with Crippen molar-refractivity contribution in [2.24, 2.45) is 0 Å². The predicted octanol–water partition coefficient (Wildman–Crippen LogP) is 3.32. The second-order valence-electron chi connectivity index (χ2n) is 5.73. The Kier molecular flexibility index (Phi) is 6.62. The molecule has 0 fully saturated rings. The lowest BCUT2D eigenvalue weighted by atomic mass is 10.2. The summed E-state index contributed by atoms with van der Waals surface area (Å²) >= 11 is 0. The second kappa shape index (κ2) is 8.91. The molecule has 0 atom stereocenters. The van der Waals surface area contributed by atoms with E-state index in [1.54, 1.807) is 18.2 Å². The zero-order valence-electron chi connectivity index (χ0n) is 14.7. The lowest BCUT2D eigenvalue weighted by molar-refractivity contribution is 0.160. The molecule has 1 aromatic carbocycles. The number of rotatable bonds is 7. The van der Waals surface area contributed by atoms with Gasteiger partial charge in [-0.25, -0.2) is 9.59 Å². The zero-order chi connectivity index (χ0) is 18.2. The van der Waals surface area contributed by atoms with Crippen LogP contribution in [0.1, 0.15) is 39.5 Å². The quantitative estimate of drug-likeness (QED) is 0.665. The number of amides is 2. The molecule has 0 saturated heterocycles. The fraction of sp³-hybridized carbons (Fsp3) is 0.471. The van der Waals surface area contributed by atoms with Gasteiger partial charge in [0.1, 0.15) is 0 Å². The van der Waals surface area contributed by atoms with Crippen LogP contribution in [-0.2, 0) is 4.74 Å². The van der Waals surface area contributed by atoms with Crippen LogP contribution >= 0.6 is 0 Å². The minimum atomic E-state index is -0.518. The first kappa shape index (κ1) is 18.6. The number of anilines is 2. The Labute approximate surface area is 146 Å². The van der Waals surface area contributed by atoms with Crippen LogP contribution in [0, 0.1) is 0 Å². The van der Waals surface area contributed by atoms with Crippen molar-refractivity contribution in [1.82, 2.24) is 15.1 Å². The van der Waals surface area contributed by atoms with E-state index in [-0.39, 0.29) is 11.8 Å². The number of ether oxygens (including phenoxy) is 1. The number of carbonyl (C=O) groups is 2. The van der Waals surface area contributed by atoms with Gasteiger partial charge >= 0.3 is 12.1 Å². The molecule has 1 aromatic heterocycles. The Morgan fingerprint density at radius 3 is 2.72 bits per heavy atom. The molecule has 2 rings (SSSR count). The molecule has 4 N–H and O–H groups in total. The summed E-state index contributed by atoms with van der Waals surface area (Å²) in [5, 5.41) is 10.1. The molecule has 2 aromatic rings. The van der Waals surface area contributed by atoms with E-state index >= 15 is 0 Å². The summed E-state index contributed by atoms with van der Waals surface area (Å²) in [5.74, 6) is 0.226. The van der Waals surface area contributed by atoms with Crippen molar-refractivity contribution in [3.8, 4) is 0 Å². The lowest BCUT2D eigenvalue weighted by Crippen LogP contribution is -2.30. The van der Waals surface area contributed by atoms with Crippen LogP contribution in [0.3, 0.4) is 0 Å². The first-order chi connectivity index (χ1) is 12.1. The first-order valence-electron chi connectivity index (χ1n) is 8.57. The normalized spacial score (nSPS) is 10.6. The van der Waals surface area contributed by atoms with Crippen molar-refractivity contribution in [2.45, 2.75) is 39.5 Å². The van der Waals surface area contributed by atoms with E-state index in [1.165, 1.54) is 4.68 Å². The standard InChI is InChI=1S/C17H25N5O3/c1-3-5-9-19-16(23)22-14-8-7-12(11-13(14)15(18)21-22)20-17(24)25-10-6-4-2/h7-8,11H,3-6,9-10H2,1-2H3,(H2,18,21)(H,19,23)(H,20,24). The third kappa shape index (κ3) is 4.85. The van der Waals surface area contributed by atoms with E-state index in [0.29, 0.717) is 29.7 Å². The highest BCUT2D eigenvalue weighted by Gasteiger charge is 2.15. The molecule has 2 amide bonds. The van der Waals surface area contributed by atoms with Crippen LogP contribution in [0.25, 0.3) is 10.9 Å². The van der Waals surface area contributed by atoms with Gasteiger partial charge < -0.3 is 15.8 Å². The monoisotopic (exact) mass is 347 g/mol.